The Labute approximate surface area is 97.0 Å². The Morgan fingerprint density at radius 1 is 1.47 bits per heavy atom. The lowest BCUT2D eigenvalue weighted by Gasteiger charge is -2.16. The highest BCUT2D eigenvalue weighted by Gasteiger charge is 2.05. The number of hydrogen-bond donors (Lipinski definition) is 0. The van der Waals surface area contributed by atoms with E-state index >= 15 is 0 Å². The second-order valence-corrected chi connectivity index (χ2v) is 4.28. The Hall–Kier alpha value is -1.10. The van der Waals surface area contributed by atoms with Gasteiger partial charge in [-0.05, 0) is 34.5 Å². The van der Waals surface area contributed by atoms with Crippen LogP contribution in [0.5, 0.6) is 0 Å². The Morgan fingerprint density at radius 3 is 3.00 bits per heavy atom. The monoisotopic (exact) mass is 268 g/mol. The van der Waals surface area contributed by atoms with E-state index in [1.165, 1.54) is 0 Å². The van der Waals surface area contributed by atoms with Gasteiger partial charge in [-0.2, -0.15) is 0 Å². The third-order valence-electron chi connectivity index (χ3n) is 2.26. The SMILES string of the molecule is CCCN(C)c1ccc2ncc(Br)n2n1. The molecule has 4 nitrogen and oxygen atoms in total. The van der Waals surface area contributed by atoms with E-state index in [0.29, 0.717) is 0 Å². The molecule has 5 heteroatoms. The average molecular weight is 269 g/mol. The second-order valence-electron chi connectivity index (χ2n) is 3.46. The van der Waals surface area contributed by atoms with Crippen molar-refractivity contribution in [1.82, 2.24) is 14.6 Å². The van der Waals surface area contributed by atoms with Crippen LogP contribution in [0.3, 0.4) is 0 Å². The first kappa shape index (κ1) is 10.4. The molecular formula is C10H13BrN4. The quantitative estimate of drug-likeness (QED) is 0.857. The maximum Gasteiger partial charge on any atom is 0.154 e. The summed E-state index contributed by atoms with van der Waals surface area (Å²) in [4.78, 5) is 6.33. The van der Waals surface area contributed by atoms with Crippen LogP contribution < -0.4 is 4.90 Å². The molecular weight excluding hydrogens is 256 g/mol. The lowest BCUT2D eigenvalue weighted by atomic mass is 10.4. The molecule has 0 radical (unpaired) electrons. The molecule has 0 fully saturated rings. The molecule has 0 aliphatic carbocycles. The zero-order valence-electron chi connectivity index (χ0n) is 8.81. The van der Waals surface area contributed by atoms with Crippen molar-refractivity contribution in [1.29, 1.82) is 0 Å². The van der Waals surface area contributed by atoms with E-state index in [1.807, 2.05) is 19.2 Å². The zero-order valence-corrected chi connectivity index (χ0v) is 10.4. The van der Waals surface area contributed by atoms with Crippen molar-refractivity contribution in [3.05, 3.63) is 22.9 Å². The summed E-state index contributed by atoms with van der Waals surface area (Å²) in [6.07, 6.45) is 2.87. The summed E-state index contributed by atoms with van der Waals surface area (Å²) in [5.74, 6) is 0.961. The number of fused-ring (bicyclic) bond motifs is 1. The van der Waals surface area contributed by atoms with E-state index < -0.39 is 0 Å². The van der Waals surface area contributed by atoms with Gasteiger partial charge in [0.2, 0.25) is 0 Å². The summed E-state index contributed by atoms with van der Waals surface area (Å²) in [5, 5.41) is 4.49. The Balaban J connectivity index is 2.41. The van der Waals surface area contributed by atoms with Crippen LogP contribution in [0, 0.1) is 0 Å². The largest absolute Gasteiger partial charge is 0.358 e. The normalized spacial score (nSPS) is 10.9. The predicted molar refractivity (Wildman–Crippen MR) is 64.2 cm³/mol. The summed E-state index contributed by atoms with van der Waals surface area (Å²) in [7, 11) is 2.04. The van der Waals surface area contributed by atoms with Gasteiger partial charge in [0.05, 0.1) is 6.20 Å². The lowest BCUT2D eigenvalue weighted by molar-refractivity contribution is 0.804. The minimum Gasteiger partial charge on any atom is -0.358 e. The molecule has 0 aliphatic rings. The molecule has 0 saturated heterocycles. The number of aromatic nitrogens is 3. The van der Waals surface area contributed by atoms with Gasteiger partial charge in [-0.25, -0.2) is 9.50 Å². The molecule has 0 unspecified atom stereocenters. The van der Waals surface area contributed by atoms with Crippen LogP contribution in [-0.2, 0) is 0 Å². The van der Waals surface area contributed by atoms with Gasteiger partial charge in [0.25, 0.3) is 0 Å². The topological polar surface area (TPSA) is 33.4 Å². The Bertz CT molecular complexity index is 465. The first-order valence-electron chi connectivity index (χ1n) is 4.94. The highest BCUT2D eigenvalue weighted by Crippen LogP contribution is 2.15. The van der Waals surface area contributed by atoms with E-state index in [9.17, 15) is 0 Å². The highest BCUT2D eigenvalue weighted by atomic mass is 79.9. The number of hydrogen-bond acceptors (Lipinski definition) is 3. The van der Waals surface area contributed by atoms with Crippen molar-refractivity contribution < 1.29 is 0 Å². The highest BCUT2D eigenvalue weighted by molar-refractivity contribution is 9.10. The van der Waals surface area contributed by atoms with E-state index in [4.69, 9.17) is 0 Å². The first-order valence-corrected chi connectivity index (χ1v) is 5.73. The van der Waals surface area contributed by atoms with Crippen LogP contribution in [0.25, 0.3) is 5.65 Å². The molecule has 0 bridgehead atoms. The van der Waals surface area contributed by atoms with Crippen molar-refractivity contribution in [2.45, 2.75) is 13.3 Å². The van der Waals surface area contributed by atoms with Crippen molar-refractivity contribution >= 4 is 27.4 Å². The summed E-state index contributed by atoms with van der Waals surface area (Å²) in [6.45, 7) is 3.16. The first-order chi connectivity index (χ1) is 7.22. The minimum absolute atomic E-state index is 0.857. The van der Waals surface area contributed by atoms with Gasteiger partial charge in [0, 0.05) is 13.6 Å². The van der Waals surface area contributed by atoms with Gasteiger partial charge in [0.1, 0.15) is 10.4 Å². The fraction of sp³-hybridized carbons (Fsp3) is 0.400. The van der Waals surface area contributed by atoms with Gasteiger partial charge < -0.3 is 4.90 Å². The molecule has 2 aromatic rings. The fourth-order valence-corrected chi connectivity index (χ4v) is 1.85. The molecule has 2 heterocycles. The molecule has 0 amide bonds. The molecule has 2 aromatic heterocycles. The molecule has 0 spiro atoms. The van der Waals surface area contributed by atoms with Crippen LogP contribution in [0.2, 0.25) is 0 Å². The molecule has 0 atom stereocenters. The Morgan fingerprint density at radius 2 is 2.27 bits per heavy atom. The van der Waals surface area contributed by atoms with Gasteiger partial charge in [-0.1, -0.05) is 6.92 Å². The van der Waals surface area contributed by atoms with Crippen molar-refractivity contribution in [2.24, 2.45) is 0 Å². The smallest absolute Gasteiger partial charge is 0.154 e. The molecule has 80 valence electrons. The van der Waals surface area contributed by atoms with E-state index in [-0.39, 0.29) is 0 Å². The van der Waals surface area contributed by atoms with Crippen molar-refractivity contribution in [3.63, 3.8) is 0 Å². The van der Waals surface area contributed by atoms with Crippen LogP contribution in [0.1, 0.15) is 13.3 Å². The second kappa shape index (κ2) is 4.18. The number of imidazole rings is 1. The number of halogens is 1. The molecule has 2 rings (SSSR count). The van der Waals surface area contributed by atoms with E-state index in [1.54, 1.807) is 10.7 Å². The third-order valence-corrected chi connectivity index (χ3v) is 2.80. The minimum atomic E-state index is 0.857. The van der Waals surface area contributed by atoms with Crippen LogP contribution >= 0.6 is 15.9 Å². The third kappa shape index (κ3) is 1.97. The van der Waals surface area contributed by atoms with Crippen molar-refractivity contribution in [3.8, 4) is 0 Å². The number of rotatable bonds is 3. The van der Waals surface area contributed by atoms with E-state index in [2.05, 4.69) is 37.8 Å². The maximum atomic E-state index is 4.49. The fourth-order valence-electron chi connectivity index (χ4n) is 1.49. The van der Waals surface area contributed by atoms with Gasteiger partial charge in [-0.15, -0.1) is 5.10 Å². The predicted octanol–water partition coefficient (Wildman–Crippen LogP) is 2.34. The molecule has 15 heavy (non-hydrogen) atoms. The zero-order chi connectivity index (χ0) is 10.8. The van der Waals surface area contributed by atoms with Crippen LogP contribution in [-0.4, -0.2) is 28.2 Å². The number of nitrogens with zero attached hydrogens (tertiary/aromatic N) is 4. The molecule has 0 N–H and O–H groups in total. The summed E-state index contributed by atoms with van der Waals surface area (Å²) < 4.78 is 2.67. The standard InChI is InChI=1S/C10H13BrN4/c1-3-6-14(2)10-5-4-9-12-7-8(11)15(9)13-10/h4-5,7H,3,6H2,1-2H3. The molecule has 0 saturated carbocycles. The average Bonchev–Trinajstić information content (AvgIpc) is 2.60. The molecule has 0 aromatic carbocycles. The van der Waals surface area contributed by atoms with Crippen LogP contribution in [0.15, 0.2) is 22.9 Å². The number of anilines is 1. The maximum absolute atomic E-state index is 4.49. The van der Waals surface area contributed by atoms with Crippen molar-refractivity contribution in [2.75, 3.05) is 18.5 Å². The molecule has 0 aliphatic heterocycles. The summed E-state index contributed by atoms with van der Waals surface area (Å²) >= 11 is 3.41. The van der Waals surface area contributed by atoms with Gasteiger partial charge in [0.15, 0.2) is 5.65 Å². The van der Waals surface area contributed by atoms with Gasteiger partial charge >= 0.3 is 0 Å². The van der Waals surface area contributed by atoms with Crippen LogP contribution in [0.4, 0.5) is 5.82 Å². The summed E-state index contributed by atoms with van der Waals surface area (Å²) in [5.41, 5.74) is 0.857. The van der Waals surface area contributed by atoms with E-state index in [0.717, 1.165) is 29.0 Å². The van der Waals surface area contributed by atoms with Gasteiger partial charge in [-0.3, -0.25) is 0 Å². The Kier molecular flexibility index (Phi) is 2.90. The summed E-state index contributed by atoms with van der Waals surface area (Å²) in [6, 6.07) is 3.96. The lowest BCUT2D eigenvalue weighted by Crippen LogP contribution is -2.19.